The highest BCUT2D eigenvalue weighted by molar-refractivity contribution is 5.72. The number of alkyl halides is 9. The lowest BCUT2D eigenvalue weighted by Crippen LogP contribution is -2.62. The fourth-order valence-corrected chi connectivity index (χ4v) is 2.12. The van der Waals surface area contributed by atoms with Crippen LogP contribution in [-0.4, -0.2) is 36.5 Å². The molecule has 0 bridgehead atoms. The van der Waals surface area contributed by atoms with Crippen molar-refractivity contribution in [3.63, 3.8) is 0 Å². The first kappa shape index (κ1) is 19.9. The maximum atomic E-state index is 13.1. The SMILES string of the molecule is O=C(OCC(F)(F)C(F)(F)C(F)(F)C(F)(F)F)C1CCCCC1. The largest absolute Gasteiger partial charge is 0.460 e. The minimum Gasteiger partial charge on any atom is -0.459 e. The van der Waals surface area contributed by atoms with Gasteiger partial charge in [-0.1, -0.05) is 19.3 Å². The number of hydrogen-bond acceptors (Lipinski definition) is 2. The summed E-state index contributed by atoms with van der Waals surface area (Å²) in [6.45, 7) is -2.55. The number of rotatable bonds is 5. The third kappa shape index (κ3) is 3.85. The first-order chi connectivity index (χ1) is 10.2. The van der Waals surface area contributed by atoms with Crippen LogP contribution >= 0.6 is 0 Å². The average Bonchev–Trinajstić information content (AvgIpc) is 2.44. The molecular formula is C12H13F9O2. The Hall–Kier alpha value is -1.16. The molecule has 0 unspecified atom stereocenters. The van der Waals surface area contributed by atoms with Crippen molar-refractivity contribution in [2.75, 3.05) is 6.61 Å². The van der Waals surface area contributed by atoms with Gasteiger partial charge in [-0.15, -0.1) is 0 Å². The standard InChI is InChI=1S/C12H13F9O2/c13-9(14,10(15,16)11(17,18)12(19,20)21)6-23-8(22)7-4-2-1-3-5-7/h7H,1-6H2. The van der Waals surface area contributed by atoms with Crippen LogP contribution in [0.4, 0.5) is 39.5 Å². The molecule has 1 rings (SSSR count). The summed E-state index contributed by atoms with van der Waals surface area (Å²) in [4.78, 5) is 11.4. The molecule has 0 spiro atoms. The Labute approximate surface area is 125 Å². The number of halogens is 9. The van der Waals surface area contributed by atoms with E-state index in [0.717, 1.165) is 6.42 Å². The molecule has 136 valence electrons. The predicted octanol–water partition coefficient (Wildman–Crippen LogP) is 4.58. The van der Waals surface area contributed by atoms with Gasteiger partial charge in [-0.2, -0.15) is 39.5 Å². The number of hydrogen-bond donors (Lipinski definition) is 0. The Bertz CT molecular complexity index is 425. The van der Waals surface area contributed by atoms with Crippen LogP contribution in [0, 0.1) is 5.92 Å². The van der Waals surface area contributed by atoms with Crippen molar-refractivity contribution in [3.8, 4) is 0 Å². The van der Waals surface area contributed by atoms with Crippen molar-refractivity contribution < 1.29 is 49.0 Å². The Morgan fingerprint density at radius 1 is 0.826 bits per heavy atom. The molecule has 0 aromatic carbocycles. The summed E-state index contributed by atoms with van der Waals surface area (Å²) in [5.41, 5.74) is 0. The third-order valence-electron chi connectivity index (χ3n) is 3.54. The first-order valence-electron chi connectivity index (χ1n) is 6.61. The fraction of sp³-hybridized carbons (Fsp3) is 0.917. The van der Waals surface area contributed by atoms with Gasteiger partial charge in [0.1, 0.15) is 0 Å². The summed E-state index contributed by atoms with van der Waals surface area (Å²) in [6.07, 6.45) is -4.47. The lowest BCUT2D eigenvalue weighted by Gasteiger charge is -2.33. The van der Waals surface area contributed by atoms with Crippen LogP contribution in [-0.2, 0) is 9.53 Å². The highest BCUT2D eigenvalue weighted by atomic mass is 19.4. The Morgan fingerprint density at radius 3 is 1.74 bits per heavy atom. The lowest BCUT2D eigenvalue weighted by molar-refractivity contribution is -0.398. The van der Waals surface area contributed by atoms with Crippen molar-refractivity contribution in [1.29, 1.82) is 0 Å². The molecule has 11 heteroatoms. The number of carbonyl (C=O) groups is 1. The molecule has 0 aromatic rings. The summed E-state index contributed by atoms with van der Waals surface area (Å²) >= 11 is 0. The maximum absolute atomic E-state index is 13.1. The Morgan fingerprint density at radius 2 is 1.30 bits per heavy atom. The van der Waals surface area contributed by atoms with E-state index in [2.05, 4.69) is 4.74 Å². The predicted molar refractivity (Wildman–Crippen MR) is 58.4 cm³/mol. The molecule has 1 fully saturated rings. The van der Waals surface area contributed by atoms with E-state index in [1.165, 1.54) is 0 Å². The molecule has 0 heterocycles. The van der Waals surface area contributed by atoms with Crippen molar-refractivity contribution in [2.45, 2.75) is 56.0 Å². The molecule has 1 saturated carbocycles. The number of ether oxygens (including phenoxy) is 1. The molecule has 0 atom stereocenters. The van der Waals surface area contributed by atoms with Gasteiger partial charge >= 0.3 is 29.9 Å². The quantitative estimate of drug-likeness (QED) is 0.530. The highest BCUT2D eigenvalue weighted by Crippen LogP contribution is 2.53. The lowest BCUT2D eigenvalue weighted by atomic mass is 9.89. The first-order valence-corrected chi connectivity index (χ1v) is 6.61. The fourth-order valence-electron chi connectivity index (χ4n) is 2.12. The van der Waals surface area contributed by atoms with Gasteiger partial charge in [0.25, 0.3) is 0 Å². The van der Waals surface area contributed by atoms with Crippen molar-refractivity contribution in [2.24, 2.45) is 5.92 Å². The molecule has 0 radical (unpaired) electrons. The second-order valence-electron chi connectivity index (χ2n) is 5.29. The van der Waals surface area contributed by atoms with Gasteiger partial charge < -0.3 is 4.74 Å². The molecule has 0 amide bonds. The molecule has 1 aliphatic rings. The van der Waals surface area contributed by atoms with Crippen LogP contribution in [0.2, 0.25) is 0 Å². The molecule has 0 saturated heterocycles. The molecule has 0 aromatic heterocycles. The zero-order valence-electron chi connectivity index (χ0n) is 11.5. The van der Waals surface area contributed by atoms with Gasteiger partial charge in [-0.3, -0.25) is 4.79 Å². The Kier molecular flexibility index (Phi) is 5.52. The van der Waals surface area contributed by atoms with Crippen LogP contribution in [0.3, 0.4) is 0 Å². The van der Waals surface area contributed by atoms with Crippen LogP contribution < -0.4 is 0 Å². The second-order valence-corrected chi connectivity index (χ2v) is 5.29. The van der Waals surface area contributed by atoms with E-state index in [9.17, 15) is 44.3 Å². The number of carbonyl (C=O) groups excluding carboxylic acids is 1. The van der Waals surface area contributed by atoms with E-state index in [0.29, 0.717) is 12.8 Å². The summed E-state index contributed by atoms with van der Waals surface area (Å²) < 4.78 is 117. The van der Waals surface area contributed by atoms with E-state index in [-0.39, 0.29) is 12.8 Å². The van der Waals surface area contributed by atoms with Crippen LogP contribution in [0.1, 0.15) is 32.1 Å². The van der Waals surface area contributed by atoms with Gasteiger partial charge in [-0.05, 0) is 12.8 Å². The second kappa shape index (κ2) is 6.39. The highest BCUT2D eigenvalue weighted by Gasteiger charge is 2.82. The normalized spacial score (nSPS) is 18.8. The molecule has 0 N–H and O–H groups in total. The van der Waals surface area contributed by atoms with E-state index in [1.54, 1.807) is 0 Å². The smallest absolute Gasteiger partial charge is 0.459 e. The topological polar surface area (TPSA) is 26.3 Å². The average molecular weight is 360 g/mol. The van der Waals surface area contributed by atoms with Crippen LogP contribution in [0.5, 0.6) is 0 Å². The van der Waals surface area contributed by atoms with Gasteiger partial charge in [0, 0.05) is 0 Å². The van der Waals surface area contributed by atoms with Gasteiger partial charge in [0.05, 0.1) is 5.92 Å². The van der Waals surface area contributed by atoms with E-state index in [4.69, 9.17) is 0 Å². The zero-order valence-corrected chi connectivity index (χ0v) is 11.5. The molecule has 0 aliphatic heterocycles. The maximum Gasteiger partial charge on any atom is 0.460 e. The summed E-state index contributed by atoms with van der Waals surface area (Å²) in [7, 11) is 0. The molecule has 1 aliphatic carbocycles. The van der Waals surface area contributed by atoms with E-state index >= 15 is 0 Å². The minimum atomic E-state index is -6.97. The van der Waals surface area contributed by atoms with E-state index < -0.39 is 42.4 Å². The summed E-state index contributed by atoms with van der Waals surface area (Å²) in [6, 6.07) is 0. The molecular weight excluding hydrogens is 347 g/mol. The third-order valence-corrected chi connectivity index (χ3v) is 3.54. The van der Waals surface area contributed by atoms with Crippen molar-refractivity contribution in [1.82, 2.24) is 0 Å². The summed E-state index contributed by atoms with van der Waals surface area (Å²) in [5, 5.41) is 0. The van der Waals surface area contributed by atoms with Gasteiger partial charge in [-0.25, -0.2) is 0 Å². The molecule has 23 heavy (non-hydrogen) atoms. The monoisotopic (exact) mass is 360 g/mol. The zero-order chi connectivity index (χ0) is 18.1. The van der Waals surface area contributed by atoms with Crippen LogP contribution in [0.15, 0.2) is 0 Å². The van der Waals surface area contributed by atoms with Gasteiger partial charge in [0.15, 0.2) is 6.61 Å². The number of esters is 1. The van der Waals surface area contributed by atoms with Gasteiger partial charge in [0.2, 0.25) is 0 Å². The molecule has 2 nitrogen and oxygen atoms in total. The van der Waals surface area contributed by atoms with E-state index in [1.807, 2.05) is 0 Å². The minimum absolute atomic E-state index is 0.250. The summed E-state index contributed by atoms with van der Waals surface area (Å²) in [5.74, 6) is -21.8. The van der Waals surface area contributed by atoms with Crippen molar-refractivity contribution >= 4 is 5.97 Å². The van der Waals surface area contributed by atoms with Crippen molar-refractivity contribution in [3.05, 3.63) is 0 Å². The Balaban J connectivity index is 2.79. The van der Waals surface area contributed by atoms with Crippen LogP contribution in [0.25, 0.3) is 0 Å².